The van der Waals surface area contributed by atoms with Crippen LogP contribution < -0.4 is 4.74 Å². The highest BCUT2D eigenvalue weighted by Crippen LogP contribution is 2.19. The maximum Gasteiger partial charge on any atom is 0.148 e. The number of ether oxygens (including phenoxy) is 1. The molecule has 0 atom stereocenters. The Morgan fingerprint density at radius 2 is 2.00 bits per heavy atom. The molecule has 0 aliphatic heterocycles. The summed E-state index contributed by atoms with van der Waals surface area (Å²) in [5, 5.41) is 9.18. The average molecular weight is 311 g/mol. The summed E-state index contributed by atoms with van der Waals surface area (Å²) in [4.78, 5) is 4.37. The largest absolute Gasteiger partial charge is 0.508 e. The molecule has 4 nitrogen and oxygen atoms in total. The van der Waals surface area contributed by atoms with E-state index in [2.05, 4.69) is 39.3 Å². The topological polar surface area (TPSA) is 47.3 Å². The Morgan fingerprint density at radius 3 is 2.61 bits per heavy atom. The quantitative estimate of drug-likeness (QED) is 0.940. The van der Waals surface area contributed by atoms with Crippen molar-refractivity contribution in [2.75, 3.05) is 0 Å². The Bertz CT molecular complexity index is 520. The highest BCUT2D eigenvalue weighted by molar-refractivity contribution is 9.10. The Labute approximate surface area is 114 Å². The van der Waals surface area contributed by atoms with E-state index in [4.69, 9.17) is 4.74 Å². The molecule has 0 aliphatic rings. The molecule has 1 aromatic heterocycles. The van der Waals surface area contributed by atoms with Gasteiger partial charge in [0.05, 0.1) is 0 Å². The summed E-state index contributed by atoms with van der Waals surface area (Å²) >= 11 is 3.37. The van der Waals surface area contributed by atoms with Gasteiger partial charge in [0, 0.05) is 12.2 Å². The van der Waals surface area contributed by atoms with Gasteiger partial charge in [-0.15, -0.1) is 0 Å². The molecule has 0 saturated heterocycles. The van der Waals surface area contributed by atoms with Gasteiger partial charge in [-0.25, -0.2) is 4.98 Å². The lowest BCUT2D eigenvalue weighted by molar-refractivity contribution is 0.286. The van der Waals surface area contributed by atoms with Crippen molar-refractivity contribution in [3.63, 3.8) is 0 Å². The standard InChI is InChI=1S/C13H15BrN2O2/c1-9(2)16-7-12(14)15-13(16)8-18-11-5-3-10(17)4-6-11/h3-7,9,17H,8H2,1-2H3. The Balaban J connectivity index is 2.08. The first-order valence-electron chi connectivity index (χ1n) is 5.71. The third-order valence-corrected chi connectivity index (χ3v) is 2.92. The fraction of sp³-hybridized carbons (Fsp3) is 0.308. The highest BCUT2D eigenvalue weighted by Gasteiger charge is 2.09. The summed E-state index contributed by atoms with van der Waals surface area (Å²) in [5.41, 5.74) is 0. The van der Waals surface area contributed by atoms with E-state index < -0.39 is 0 Å². The Morgan fingerprint density at radius 1 is 1.33 bits per heavy atom. The van der Waals surface area contributed by atoms with Gasteiger partial charge in [-0.3, -0.25) is 0 Å². The maximum absolute atomic E-state index is 9.18. The minimum Gasteiger partial charge on any atom is -0.508 e. The van der Waals surface area contributed by atoms with Crippen LogP contribution in [0.5, 0.6) is 11.5 Å². The fourth-order valence-electron chi connectivity index (χ4n) is 1.64. The SMILES string of the molecule is CC(C)n1cc(Br)nc1COc1ccc(O)cc1. The monoisotopic (exact) mass is 310 g/mol. The third kappa shape index (κ3) is 3.04. The van der Waals surface area contributed by atoms with Crippen molar-refractivity contribution < 1.29 is 9.84 Å². The van der Waals surface area contributed by atoms with Gasteiger partial charge in [-0.2, -0.15) is 0 Å². The van der Waals surface area contributed by atoms with Crippen LogP contribution >= 0.6 is 15.9 Å². The number of aromatic hydroxyl groups is 1. The summed E-state index contributed by atoms with van der Waals surface area (Å²) in [6, 6.07) is 6.99. The Kier molecular flexibility index (Phi) is 3.91. The second kappa shape index (κ2) is 5.44. The average Bonchev–Trinajstić information content (AvgIpc) is 2.70. The number of phenols is 1. The van der Waals surface area contributed by atoms with E-state index in [0.29, 0.717) is 18.4 Å². The molecule has 2 aromatic rings. The zero-order valence-electron chi connectivity index (χ0n) is 10.3. The van der Waals surface area contributed by atoms with Gasteiger partial charge < -0.3 is 14.4 Å². The van der Waals surface area contributed by atoms with Crippen LogP contribution in [0.25, 0.3) is 0 Å². The van der Waals surface area contributed by atoms with Crippen molar-refractivity contribution in [2.45, 2.75) is 26.5 Å². The molecule has 0 radical (unpaired) electrons. The molecule has 0 amide bonds. The molecule has 1 aromatic carbocycles. The van der Waals surface area contributed by atoms with Crippen molar-refractivity contribution in [3.05, 3.63) is 40.9 Å². The van der Waals surface area contributed by atoms with Gasteiger partial charge in [0.1, 0.15) is 28.5 Å². The molecule has 1 N–H and O–H groups in total. The molecule has 0 spiro atoms. The normalized spacial score (nSPS) is 10.9. The Hall–Kier alpha value is -1.49. The fourth-order valence-corrected chi connectivity index (χ4v) is 2.07. The number of nitrogens with zero attached hydrogens (tertiary/aromatic N) is 2. The lowest BCUT2D eigenvalue weighted by Crippen LogP contribution is -2.08. The minimum absolute atomic E-state index is 0.230. The summed E-state index contributed by atoms with van der Waals surface area (Å²) in [6.45, 7) is 4.59. The zero-order chi connectivity index (χ0) is 13.1. The van der Waals surface area contributed by atoms with Crippen molar-refractivity contribution in [3.8, 4) is 11.5 Å². The zero-order valence-corrected chi connectivity index (χ0v) is 11.9. The summed E-state index contributed by atoms with van der Waals surface area (Å²) in [6.07, 6.45) is 1.94. The molecule has 0 saturated carbocycles. The van der Waals surface area contributed by atoms with Crippen molar-refractivity contribution in [1.82, 2.24) is 9.55 Å². The molecule has 0 bridgehead atoms. The van der Waals surface area contributed by atoms with Crippen molar-refractivity contribution in [1.29, 1.82) is 0 Å². The smallest absolute Gasteiger partial charge is 0.148 e. The van der Waals surface area contributed by atoms with E-state index >= 15 is 0 Å². The van der Waals surface area contributed by atoms with Crippen LogP contribution in [-0.2, 0) is 6.61 Å². The third-order valence-electron chi connectivity index (χ3n) is 2.54. The van der Waals surface area contributed by atoms with E-state index in [-0.39, 0.29) is 5.75 Å². The van der Waals surface area contributed by atoms with Crippen LogP contribution in [0.2, 0.25) is 0 Å². The van der Waals surface area contributed by atoms with Crippen LogP contribution in [0.15, 0.2) is 35.1 Å². The van der Waals surface area contributed by atoms with Gasteiger partial charge in [0.2, 0.25) is 0 Å². The van der Waals surface area contributed by atoms with Gasteiger partial charge >= 0.3 is 0 Å². The molecule has 5 heteroatoms. The minimum atomic E-state index is 0.230. The van der Waals surface area contributed by atoms with E-state index in [1.807, 2.05) is 6.20 Å². The van der Waals surface area contributed by atoms with E-state index in [9.17, 15) is 5.11 Å². The number of phenolic OH excluding ortho intramolecular Hbond substituents is 1. The second-order valence-corrected chi connectivity index (χ2v) is 5.08. The second-order valence-electron chi connectivity index (χ2n) is 4.26. The van der Waals surface area contributed by atoms with Crippen molar-refractivity contribution >= 4 is 15.9 Å². The van der Waals surface area contributed by atoms with E-state index in [1.54, 1.807) is 24.3 Å². The van der Waals surface area contributed by atoms with Crippen LogP contribution in [0.4, 0.5) is 0 Å². The summed E-state index contributed by atoms with van der Waals surface area (Å²) in [5.74, 6) is 1.81. The number of hydrogen-bond donors (Lipinski definition) is 1. The van der Waals surface area contributed by atoms with Crippen LogP contribution in [0.1, 0.15) is 25.7 Å². The number of imidazole rings is 1. The number of benzene rings is 1. The molecule has 0 fully saturated rings. The van der Waals surface area contributed by atoms with Crippen LogP contribution in [-0.4, -0.2) is 14.7 Å². The first-order valence-corrected chi connectivity index (χ1v) is 6.50. The van der Waals surface area contributed by atoms with Gasteiger partial charge in [0.25, 0.3) is 0 Å². The van der Waals surface area contributed by atoms with Crippen LogP contribution in [0.3, 0.4) is 0 Å². The maximum atomic E-state index is 9.18. The van der Waals surface area contributed by atoms with Crippen molar-refractivity contribution in [2.24, 2.45) is 0 Å². The van der Waals surface area contributed by atoms with Gasteiger partial charge in [-0.1, -0.05) is 0 Å². The molecule has 1 heterocycles. The van der Waals surface area contributed by atoms with Gasteiger partial charge in [0.15, 0.2) is 0 Å². The summed E-state index contributed by atoms with van der Waals surface area (Å²) < 4.78 is 8.50. The van der Waals surface area contributed by atoms with Crippen LogP contribution in [0, 0.1) is 0 Å². The molecule has 18 heavy (non-hydrogen) atoms. The van der Waals surface area contributed by atoms with E-state index in [1.165, 1.54) is 0 Å². The highest BCUT2D eigenvalue weighted by atomic mass is 79.9. The van der Waals surface area contributed by atoms with E-state index in [0.717, 1.165) is 10.4 Å². The number of halogens is 1. The number of hydrogen-bond acceptors (Lipinski definition) is 3. The summed E-state index contributed by atoms with van der Waals surface area (Å²) in [7, 11) is 0. The molecule has 96 valence electrons. The predicted octanol–water partition coefficient (Wildman–Crippen LogP) is 3.51. The number of rotatable bonds is 4. The lowest BCUT2D eigenvalue weighted by atomic mass is 10.3. The first kappa shape index (κ1) is 13.0. The molecular formula is C13H15BrN2O2. The molecule has 0 unspecified atom stereocenters. The number of aromatic nitrogens is 2. The molecule has 2 rings (SSSR count). The lowest BCUT2D eigenvalue weighted by Gasteiger charge is -2.12. The first-order chi connectivity index (χ1) is 8.56. The van der Waals surface area contributed by atoms with Gasteiger partial charge in [-0.05, 0) is 54.0 Å². The molecular weight excluding hydrogens is 296 g/mol. The predicted molar refractivity (Wildman–Crippen MR) is 72.8 cm³/mol. The molecule has 0 aliphatic carbocycles.